The summed E-state index contributed by atoms with van der Waals surface area (Å²) >= 11 is 3.34. The van der Waals surface area contributed by atoms with Gasteiger partial charge in [0.25, 0.3) is 0 Å². The van der Waals surface area contributed by atoms with Crippen LogP contribution < -0.4 is 5.32 Å². The number of halogens is 1. The molecule has 4 heteroatoms. The van der Waals surface area contributed by atoms with Gasteiger partial charge in [-0.15, -0.1) is 0 Å². The van der Waals surface area contributed by atoms with Gasteiger partial charge in [-0.1, -0.05) is 0 Å². The molecule has 2 heterocycles. The van der Waals surface area contributed by atoms with E-state index in [1.807, 2.05) is 25.2 Å². The molecule has 2 rings (SSSR count). The molecule has 1 atom stereocenters. The van der Waals surface area contributed by atoms with Crippen molar-refractivity contribution in [1.82, 2.24) is 5.32 Å². The summed E-state index contributed by atoms with van der Waals surface area (Å²) < 4.78 is 11.3. The second-order valence-electron chi connectivity index (χ2n) is 2.89. The molecule has 74 valence electrons. The molecule has 0 bridgehead atoms. The lowest BCUT2D eigenvalue weighted by molar-refractivity contribution is 0.456. The maximum atomic E-state index is 5.34. The summed E-state index contributed by atoms with van der Waals surface area (Å²) in [5.74, 6) is 0.870. The standard InChI is InChI=1S/C10H10BrNO2/c1-12-9(8-3-2-5-13-8)7-4-6-14-10(7)11/h2-6,9,12H,1H3. The molecule has 0 saturated carbocycles. The first-order chi connectivity index (χ1) is 6.83. The van der Waals surface area contributed by atoms with E-state index in [0.717, 1.165) is 16.0 Å². The smallest absolute Gasteiger partial charge is 0.174 e. The minimum Gasteiger partial charge on any atom is -0.467 e. The molecule has 3 nitrogen and oxygen atoms in total. The van der Waals surface area contributed by atoms with Crippen LogP contribution in [0.4, 0.5) is 0 Å². The van der Waals surface area contributed by atoms with Crippen LogP contribution in [0.25, 0.3) is 0 Å². The third kappa shape index (κ3) is 1.63. The van der Waals surface area contributed by atoms with Crippen molar-refractivity contribution in [1.29, 1.82) is 0 Å². The van der Waals surface area contributed by atoms with Gasteiger partial charge in [0.15, 0.2) is 4.67 Å². The van der Waals surface area contributed by atoms with Crippen molar-refractivity contribution in [2.75, 3.05) is 7.05 Å². The van der Waals surface area contributed by atoms with Crippen LogP contribution in [0.1, 0.15) is 17.4 Å². The van der Waals surface area contributed by atoms with E-state index in [2.05, 4.69) is 21.2 Å². The SMILES string of the molecule is CNC(c1ccco1)c1ccoc1Br. The van der Waals surface area contributed by atoms with Crippen LogP contribution in [0.5, 0.6) is 0 Å². The monoisotopic (exact) mass is 255 g/mol. The lowest BCUT2D eigenvalue weighted by Gasteiger charge is -2.11. The number of furan rings is 2. The van der Waals surface area contributed by atoms with Crippen LogP contribution in [-0.2, 0) is 0 Å². The van der Waals surface area contributed by atoms with Gasteiger partial charge in [-0.3, -0.25) is 0 Å². The molecule has 1 N–H and O–H groups in total. The fourth-order valence-electron chi connectivity index (χ4n) is 1.42. The van der Waals surface area contributed by atoms with E-state index in [-0.39, 0.29) is 6.04 Å². The first kappa shape index (κ1) is 9.55. The van der Waals surface area contributed by atoms with E-state index in [9.17, 15) is 0 Å². The molecule has 0 aliphatic rings. The summed E-state index contributed by atoms with van der Waals surface area (Å²) in [6, 6.07) is 5.74. The van der Waals surface area contributed by atoms with Crippen molar-refractivity contribution in [3.63, 3.8) is 0 Å². The van der Waals surface area contributed by atoms with Crippen LogP contribution in [0.2, 0.25) is 0 Å². The van der Waals surface area contributed by atoms with Crippen molar-refractivity contribution in [3.05, 3.63) is 46.7 Å². The second-order valence-corrected chi connectivity index (χ2v) is 3.61. The molecule has 14 heavy (non-hydrogen) atoms. The van der Waals surface area contributed by atoms with Gasteiger partial charge in [0.1, 0.15) is 5.76 Å². The van der Waals surface area contributed by atoms with Crippen molar-refractivity contribution in [2.45, 2.75) is 6.04 Å². The zero-order valence-corrected chi connectivity index (χ0v) is 9.24. The highest BCUT2D eigenvalue weighted by Crippen LogP contribution is 2.29. The predicted octanol–water partition coefficient (Wildman–Crippen LogP) is 2.94. The Balaban J connectivity index is 2.36. The molecule has 0 aromatic carbocycles. The van der Waals surface area contributed by atoms with Gasteiger partial charge >= 0.3 is 0 Å². The van der Waals surface area contributed by atoms with E-state index in [1.165, 1.54) is 0 Å². The summed E-state index contributed by atoms with van der Waals surface area (Å²) in [7, 11) is 1.88. The number of rotatable bonds is 3. The van der Waals surface area contributed by atoms with Gasteiger partial charge in [-0.05, 0) is 41.2 Å². The summed E-state index contributed by atoms with van der Waals surface area (Å²) in [6.45, 7) is 0. The van der Waals surface area contributed by atoms with Crippen LogP contribution in [0, 0.1) is 0 Å². The third-order valence-corrected chi connectivity index (χ3v) is 2.72. The second kappa shape index (κ2) is 4.02. The maximum Gasteiger partial charge on any atom is 0.174 e. The molecule has 0 aliphatic heterocycles. The Hall–Kier alpha value is -1.00. The molecule has 1 unspecified atom stereocenters. The molecule has 0 radical (unpaired) electrons. The van der Waals surface area contributed by atoms with Gasteiger partial charge in [0.05, 0.1) is 18.6 Å². The van der Waals surface area contributed by atoms with Crippen molar-refractivity contribution >= 4 is 15.9 Å². The molecule has 0 amide bonds. The van der Waals surface area contributed by atoms with Gasteiger partial charge in [0, 0.05) is 5.56 Å². The molecule has 0 saturated heterocycles. The fraction of sp³-hybridized carbons (Fsp3) is 0.200. The van der Waals surface area contributed by atoms with Gasteiger partial charge < -0.3 is 14.2 Å². The summed E-state index contributed by atoms with van der Waals surface area (Å²) in [5, 5.41) is 3.16. The highest BCUT2D eigenvalue weighted by atomic mass is 79.9. The van der Waals surface area contributed by atoms with Crippen molar-refractivity contribution in [2.24, 2.45) is 0 Å². The van der Waals surface area contributed by atoms with E-state index in [1.54, 1.807) is 12.5 Å². The number of hydrogen-bond donors (Lipinski definition) is 1. The Morgan fingerprint density at radius 2 is 2.14 bits per heavy atom. The van der Waals surface area contributed by atoms with E-state index in [4.69, 9.17) is 8.83 Å². The van der Waals surface area contributed by atoms with Gasteiger partial charge in [0.2, 0.25) is 0 Å². The Kier molecular flexibility index (Phi) is 2.74. The van der Waals surface area contributed by atoms with Crippen LogP contribution in [0.3, 0.4) is 0 Å². The van der Waals surface area contributed by atoms with Gasteiger partial charge in [-0.25, -0.2) is 0 Å². The predicted molar refractivity (Wildman–Crippen MR) is 56.0 cm³/mol. The van der Waals surface area contributed by atoms with Crippen LogP contribution in [-0.4, -0.2) is 7.05 Å². The minimum atomic E-state index is 0.0260. The molecule has 2 aromatic heterocycles. The Labute approximate surface area is 90.2 Å². The molecule has 2 aromatic rings. The third-order valence-electron chi connectivity index (χ3n) is 2.07. The summed E-state index contributed by atoms with van der Waals surface area (Å²) in [6.07, 6.45) is 3.31. The normalized spacial score (nSPS) is 13.0. The van der Waals surface area contributed by atoms with E-state index in [0.29, 0.717) is 0 Å². The highest BCUT2D eigenvalue weighted by Gasteiger charge is 2.18. The zero-order chi connectivity index (χ0) is 9.97. The Bertz CT molecular complexity index is 394. The minimum absolute atomic E-state index is 0.0260. The largest absolute Gasteiger partial charge is 0.467 e. The molecule has 0 aliphatic carbocycles. The Morgan fingerprint density at radius 3 is 2.64 bits per heavy atom. The molecule has 0 fully saturated rings. The molecule has 0 spiro atoms. The molecular weight excluding hydrogens is 246 g/mol. The number of nitrogens with one attached hydrogen (secondary N) is 1. The lowest BCUT2D eigenvalue weighted by Crippen LogP contribution is -2.16. The van der Waals surface area contributed by atoms with E-state index < -0.39 is 0 Å². The first-order valence-electron chi connectivity index (χ1n) is 4.26. The lowest BCUT2D eigenvalue weighted by atomic mass is 10.1. The average molecular weight is 256 g/mol. The Morgan fingerprint density at radius 1 is 1.29 bits per heavy atom. The van der Waals surface area contributed by atoms with Crippen LogP contribution in [0.15, 0.2) is 44.2 Å². The topological polar surface area (TPSA) is 38.3 Å². The van der Waals surface area contributed by atoms with Gasteiger partial charge in [-0.2, -0.15) is 0 Å². The quantitative estimate of drug-likeness (QED) is 0.917. The zero-order valence-electron chi connectivity index (χ0n) is 7.66. The average Bonchev–Trinajstić information content (AvgIpc) is 2.80. The van der Waals surface area contributed by atoms with E-state index >= 15 is 0 Å². The number of hydrogen-bond acceptors (Lipinski definition) is 3. The maximum absolute atomic E-state index is 5.34. The summed E-state index contributed by atoms with van der Waals surface area (Å²) in [5.41, 5.74) is 1.03. The van der Waals surface area contributed by atoms with Crippen molar-refractivity contribution < 1.29 is 8.83 Å². The first-order valence-corrected chi connectivity index (χ1v) is 5.06. The highest BCUT2D eigenvalue weighted by molar-refractivity contribution is 9.10. The summed E-state index contributed by atoms with van der Waals surface area (Å²) in [4.78, 5) is 0. The van der Waals surface area contributed by atoms with Crippen molar-refractivity contribution in [3.8, 4) is 0 Å². The fourth-order valence-corrected chi connectivity index (χ4v) is 1.89. The van der Waals surface area contributed by atoms with Crippen LogP contribution >= 0.6 is 15.9 Å². The molecular formula is C10H10BrNO2.